The monoisotopic (exact) mass is 318 g/mol. The molecule has 0 atom stereocenters. The SMILES string of the molecule is Cc1ccc(NC(=O)c2ccccc2SCC(N)=O)cc1F. The van der Waals surface area contributed by atoms with Gasteiger partial charge in [-0.1, -0.05) is 18.2 Å². The molecule has 3 N–H and O–H groups in total. The summed E-state index contributed by atoms with van der Waals surface area (Å²) in [5.74, 6) is -1.12. The summed E-state index contributed by atoms with van der Waals surface area (Å²) in [5.41, 5.74) is 6.42. The Labute approximate surface area is 131 Å². The van der Waals surface area contributed by atoms with Crippen molar-refractivity contribution >= 4 is 29.3 Å². The first kappa shape index (κ1) is 16.0. The van der Waals surface area contributed by atoms with Crippen molar-refractivity contribution in [3.8, 4) is 0 Å². The summed E-state index contributed by atoms with van der Waals surface area (Å²) in [4.78, 5) is 23.8. The quantitative estimate of drug-likeness (QED) is 0.833. The minimum Gasteiger partial charge on any atom is -0.369 e. The predicted octanol–water partition coefficient (Wildman–Crippen LogP) is 2.96. The Hall–Kier alpha value is -2.34. The van der Waals surface area contributed by atoms with Gasteiger partial charge in [0, 0.05) is 10.6 Å². The Morgan fingerprint density at radius 3 is 2.64 bits per heavy atom. The molecule has 0 radical (unpaired) electrons. The highest BCUT2D eigenvalue weighted by atomic mass is 32.2. The third kappa shape index (κ3) is 4.08. The average molecular weight is 318 g/mol. The normalized spacial score (nSPS) is 10.3. The number of carbonyl (C=O) groups is 2. The number of nitrogens with two attached hydrogens (primary N) is 1. The van der Waals surface area contributed by atoms with Crippen LogP contribution >= 0.6 is 11.8 Å². The molecule has 0 saturated heterocycles. The Kier molecular flexibility index (Phi) is 5.16. The van der Waals surface area contributed by atoms with Crippen LogP contribution in [-0.4, -0.2) is 17.6 Å². The molecule has 0 aliphatic carbocycles. The summed E-state index contributed by atoms with van der Waals surface area (Å²) in [6.45, 7) is 1.65. The Balaban J connectivity index is 2.18. The van der Waals surface area contributed by atoms with Crippen LogP contribution in [0.15, 0.2) is 47.4 Å². The van der Waals surface area contributed by atoms with Crippen LogP contribution in [-0.2, 0) is 4.79 Å². The second-order valence-electron chi connectivity index (χ2n) is 4.67. The van der Waals surface area contributed by atoms with Crippen molar-refractivity contribution in [1.82, 2.24) is 0 Å². The first-order valence-electron chi connectivity index (χ1n) is 6.55. The number of carbonyl (C=O) groups excluding carboxylic acids is 2. The molecule has 2 amide bonds. The van der Waals surface area contributed by atoms with Crippen molar-refractivity contribution in [3.63, 3.8) is 0 Å². The molecule has 0 saturated carbocycles. The van der Waals surface area contributed by atoms with E-state index < -0.39 is 5.91 Å². The van der Waals surface area contributed by atoms with Gasteiger partial charge >= 0.3 is 0 Å². The van der Waals surface area contributed by atoms with E-state index in [-0.39, 0.29) is 17.5 Å². The van der Waals surface area contributed by atoms with Gasteiger partial charge in [0.05, 0.1) is 11.3 Å². The molecule has 0 unspecified atom stereocenters. The minimum atomic E-state index is -0.458. The third-order valence-corrected chi connectivity index (χ3v) is 4.03. The molecule has 0 aliphatic heterocycles. The number of anilines is 1. The molecule has 0 bridgehead atoms. The zero-order valence-corrected chi connectivity index (χ0v) is 12.7. The van der Waals surface area contributed by atoms with Gasteiger partial charge in [-0.3, -0.25) is 9.59 Å². The van der Waals surface area contributed by atoms with Crippen molar-refractivity contribution in [2.45, 2.75) is 11.8 Å². The Morgan fingerprint density at radius 1 is 1.23 bits per heavy atom. The van der Waals surface area contributed by atoms with E-state index in [1.165, 1.54) is 17.8 Å². The summed E-state index contributed by atoms with van der Waals surface area (Å²) < 4.78 is 13.5. The number of amides is 2. The topological polar surface area (TPSA) is 72.2 Å². The van der Waals surface area contributed by atoms with Gasteiger partial charge in [-0.25, -0.2) is 4.39 Å². The van der Waals surface area contributed by atoms with Gasteiger partial charge in [0.1, 0.15) is 5.82 Å². The summed E-state index contributed by atoms with van der Waals surface area (Å²) in [6, 6.07) is 11.4. The van der Waals surface area contributed by atoms with Crippen LogP contribution in [0.5, 0.6) is 0 Å². The highest BCUT2D eigenvalue weighted by Crippen LogP contribution is 2.23. The molecule has 0 aromatic heterocycles. The van der Waals surface area contributed by atoms with Gasteiger partial charge in [0.25, 0.3) is 5.91 Å². The standard InChI is InChI=1S/C16H15FN2O2S/c1-10-6-7-11(8-13(10)17)19-16(21)12-4-2-3-5-14(12)22-9-15(18)20/h2-8H,9H2,1H3,(H2,18,20)(H,19,21). The molecule has 22 heavy (non-hydrogen) atoms. The summed E-state index contributed by atoms with van der Waals surface area (Å²) in [5, 5.41) is 2.65. The molecule has 2 rings (SSSR count). The van der Waals surface area contributed by atoms with Crippen LogP contribution in [0.1, 0.15) is 15.9 Å². The van der Waals surface area contributed by atoms with Crippen LogP contribution in [0.3, 0.4) is 0 Å². The number of hydrogen-bond donors (Lipinski definition) is 2. The maximum Gasteiger partial charge on any atom is 0.256 e. The first-order valence-corrected chi connectivity index (χ1v) is 7.53. The van der Waals surface area contributed by atoms with Crippen LogP contribution in [0.2, 0.25) is 0 Å². The number of thioether (sulfide) groups is 1. The van der Waals surface area contributed by atoms with Gasteiger partial charge in [0.15, 0.2) is 0 Å². The number of nitrogens with one attached hydrogen (secondary N) is 1. The second kappa shape index (κ2) is 7.09. The van der Waals surface area contributed by atoms with Crippen LogP contribution in [0.25, 0.3) is 0 Å². The number of benzene rings is 2. The highest BCUT2D eigenvalue weighted by molar-refractivity contribution is 8.00. The molecule has 0 fully saturated rings. The molecule has 114 valence electrons. The van der Waals surface area contributed by atoms with Gasteiger partial charge in [-0.05, 0) is 36.8 Å². The molecule has 4 nitrogen and oxygen atoms in total. The van der Waals surface area contributed by atoms with E-state index in [9.17, 15) is 14.0 Å². The van der Waals surface area contributed by atoms with Gasteiger partial charge < -0.3 is 11.1 Å². The number of halogens is 1. The van der Waals surface area contributed by atoms with Crippen LogP contribution in [0, 0.1) is 12.7 Å². The summed E-state index contributed by atoms with van der Waals surface area (Å²) >= 11 is 1.19. The second-order valence-corrected chi connectivity index (χ2v) is 5.69. The van der Waals surface area contributed by atoms with Crippen molar-refractivity contribution in [2.75, 3.05) is 11.1 Å². The van der Waals surface area contributed by atoms with Gasteiger partial charge in [-0.15, -0.1) is 11.8 Å². The first-order chi connectivity index (χ1) is 10.5. The fraction of sp³-hybridized carbons (Fsp3) is 0.125. The molecule has 2 aromatic carbocycles. The fourth-order valence-corrected chi connectivity index (χ4v) is 2.59. The number of hydrogen-bond acceptors (Lipinski definition) is 3. The molecule has 0 aliphatic rings. The molecule has 0 spiro atoms. The molecule has 2 aromatic rings. The van der Waals surface area contributed by atoms with Gasteiger partial charge in [0.2, 0.25) is 5.91 Å². The zero-order chi connectivity index (χ0) is 16.1. The minimum absolute atomic E-state index is 0.0868. The average Bonchev–Trinajstić information content (AvgIpc) is 2.49. The number of aryl methyl sites for hydroxylation is 1. The summed E-state index contributed by atoms with van der Waals surface area (Å²) in [7, 11) is 0. The lowest BCUT2D eigenvalue weighted by molar-refractivity contribution is -0.115. The highest BCUT2D eigenvalue weighted by Gasteiger charge is 2.13. The van der Waals surface area contributed by atoms with E-state index in [1.54, 1.807) is 43.3 Å². The number of primary amides is 1. The molecule has 0 heterocycles. The van der Waals surface area contributed by atoms with Crippen molar-refractivity contribution < 1.29 is 14.0 Å². The van der Waals surface area contributed by atoms with E-state index in [4.69, 9.17) is 5.73 Å². The maximum atomic E-state index is 13.5. The van der Waals surface area contributed by atoms with E-state index in [1.807, 2.05) is 0 Å². The Morgan fingerprint density at radius 2 is 1.95 bits per heavy atom. The predicted molar refractivity (Wildman–Crippen MR) is 85.5 cm³/mol. The molecular weight excluding hydrogens is 303 g/mol. The third-order valence-electron chi connectivity index (χ3n) is 2.93. The van der Waals surface area contributed by atoms with Crippen molar-refractivity contribution in [1.29, 1.82) is 0 Å². The number of rotatable bonds is 5. The van der Waals surface area contributed by atoms with E-state index >= 15 is 0 Å². The van der Waals surface area contributed by atoms with Crippen LogP contribution < -0.4 is 11.1 Å². The lowest BCUT2D eigenvalue weighted by Gasteiger charge is -2.10. The van der Waals surface area contributed by atoms with Gasteiger partial charge in [-0.2, -0.15) is 0 Å². The lowest BCUT2D eigenvalue weighted by atomic mass is 10.2. The molecular formula is C16H15FN2O2S. The smallest absolute Gasteiger partial charge is 0.256 e. The fourth-order valence-electron chi connectivity index (χ4n) is 1.80. The maximum absolute atomic E-state index is 13.5. The van der Waals surface area contributed by atoms with E-state index in [0.717, 1.165) is 0 Å². The van der Waals surface area contributed by atoms with Crippen molar-refractivity contribution in [2.24, 2.45) is 5.73 Å². The Bertz CT molecular complexity index is 719. The zero-order valence-electron chi connectivity index (χ0n) is 11.9. The van der Waals surface area contributed by atoms with E-state index in [2.05, 4.69) is 5.32 Å². The largest absolute Gasteiger partial charge is 0.369 e. The molecule has 6 heteroatoms. The lowest BCUT2D eigenvalue weighted by Crippen LogP contribution is -2.15. The van der Waals surface area contributed by atoms with Crippen molar-refractivity contribution in [3.05, 3.63) is 59.4 Å². The summed E-state index contributed by atoms with van der Waals surface area (Å²) in [6.07, 6.45) is 0. The van der Waals surface area contributed by atoms with E-state index in [0.29, 0.717) is 21.7 Å². The van der Waals surface area contributed by atoms with Crippen LogP contribution in [0.4, 0.5) is 10.1 Å².